The second-order valence-electron chi connectivity index (χ2n) is 5.68. The van der Waals surface area contributed by atoms with E-state index in [0.717, 1.165) is 42.1 Å². The first-order valence-electron chi connectivity index (χ1n) is 8.58. The van der Waals surface area contributed by atoms with Crippen molar-refractivity contribution in [3.05, 3.63) is 42.7 Å². The Kier molecular flexibility index (Phi) is 5.50. The lowest BCUT2D eigenvalue weighted by Crippen LogP contribution is -2.28. The van der Waals surface area contributed by atoms with Crippen molar-refractivity contribution >= 4 is 10.9 Å². The molecule has 25 heavy (non-hydrogen) atoms. The molecule has 0 saturated heterocycles. The van der Waals surface area contributed by atoms with Crippen LogP contribution in [0.2, 0.25) is 0 Å². The first-order chi connectivity index (χ1) is 12.2. The van der Waals surface area contributed by atoms with Crippen LogP contribution in [0.25, 0.3) is 16.7 Å². The molecule has 3 rings (SSSR count). The predicted octanol–water partition coefficient (Wildman–Crippen LogP) is 3.15. The number of benzene rings is 1. The third-order valence-electron chi connectivity index (χ3n) is 4.30. The van der Waals surface area contributed by atoms with E-state index in [9.17, 15) is 0 Å². The summed E-state index contributed by atoms with van der Waals surface area (Å²) in [6.45, 7) is 7.76. The molecule has 0 N–H and O–H groups in total. The van der Waals surface area contributed by atoms with Gasteiger partial charge in [0.25, 0.3) is 0 Å². The number of aromatic nitrogens is 3. The van der Waals surface area contributed by atoms with Crippen molar-refractivity contribution in [2.45, 2.75) is 13.8 Å². The van der Waals surface area contributed by atoms with Crippen LogP contribution in [-0.4, -0.2) is 52.8 Å². The average molecular weight is 340 g/mol. The number of hydrogen-bond acceptors (Lipinski definition) is 5. The molecule has 0 unspecified atom stereocenters. The number of likely N-dealkylation sites (N-methyl/N-ethyl adjacent to an activating group) is 1. The molecule has 0 aliphatic heterocycles. The largest absolute Gasteiger partial charge is 0.497 e. The standard InChI is InChI=1S/C19H24N4O2/c1-4-22(5-2)12-13-25-19-20-10-8-18(21-19)23-11-9-15-14-16(24-3)6-7-17(15)23/h6-11,14H,4-5,12-13H2,1-3H3. The van der Waals surface area contributed by atoms with Crippen LogP contribution in [0.15, 0.2) is 42.7 Å². The maximum Gasteiger partial charge on any atom is 0.318 e. The van der Waals surface area contributed by atoms with Crippen LogP contribution in [0.4, 0.5) is 0 Å². The van der Waals surface area contributed by atoms with E-state index in [-0.39, 0.29) is 0 Å². The van der Waals surface area contributed by atoms with E-state index in [1.807, 2.05) is 41.1 Å². The molecule has 0 aliphatic carbocycles. The smallest absolute Gasteiger partial charge is 0.318 e. The Bertz CT molecular complexity index is 827. The van der Waals surface area contributed by atoms with Gasteiger partial charge in [-0.25, -0.2) is 4.98 Å². The van der Waals surface area contributed by atoms with Crippen molar-refractivity contribution in [3.63, 3.8) is 0 Å². The lowest BCUT2D eigenvalue weighted by molar-refractivity contribution is 0.212. The molecule has 0 radical (unpaired) electrons. The first kappa shape index (κ1) is 17.2. The van der Waals surface area contributed by atoms with E-state index in [2.05, 4.69) is 28.7 Å². The van der Waals surface area contributed by atoms with E-state index >= 15 is 0 Å². The van der Waals surface area contributed by atoms with Gasteiger partial charge in [-0.2, -0.15) is 4.98 Å². The fourth-order valence-corrected chi connectivity index (χ4v) is 2.79. The van der Waals surface area contributed by atoms with Crippen LogP contribution in [0.5, 0.6) is 11.8 Å². The van der Waals surface area contributed by atoms with Crippen molar-refractivity contribution in [2.75, 3.05) is 33.4 Å². The van der Waals surface area contributed by atoms with Crippen molar-refractivity contribution in [3.8, 4) is 17.6 Å². The summed E-state index contributed by atoms with van der Waals surface area (Å²) in [5, 5.41) is 1.10. The average Bonchev–Trinajstić information content (AvgIpc) is 3.08. The summed E-state index contributed by atoms with van der Waals surface area (Å²) in [4.78, 5) is 11.1. The van der Waals surface area contributed by atoms with Gasteiger partial charge >= 0.3 is 6.01 Å². The van der Waals surface area contributed by atoms with Crippen molar-refractivity contribution < 1.29 is 9.47 Å². The van der Waals surface area contributed by atoms with Crippen LogP contribution in [0.3, 0.4) is 0 Å². The zero-order valence-corrected chi connectivity index (χ0v) is 15.0. The maximum atomic E-state index is 5.73. The summed E-state index contributed by atoms with van der Waals surface area (Å²) < 4.78 is 13.0. The van der Waals surface area contributed by atoms with E-state index in [0.29, 0.717) is 12.6 Å². The second kappa shape index (κ2) is 7.98. The quantitative estimate of drug-likeness (QED) is 0.630. The Hall–Kier alpha value is -2.60. The monoisotopic (exact) mass is 340 g/mol. The van der Waals surface area contributed by atoms with E-state index in [1.54, 1.807) is 13.3 Å². The Morgan fingerprint density at radius 1 is 1.12 bits per heavy atom. The molecule has 0 saturated carbocycles. The van der Waals surface area contributed by atoms with Crippen LogP contribution >= 0.6 is 0 Å². The Balaban J connectivity index is 1.77. The highest BCUT2D eigenvalue weighted by Crippen LogP contribution is 2.24. The van der Waals surface area contributed by atoms with Crippen molar-refractivity contribution in [2.24, 2.45) is 0 Å². The van der Waals surface area contributed by atoms with Crippen molar-refractivity contribution in [1.29, 1.82) is 0 Å². The fourth-order valence-electron chi connectivity index (χ4n) is 2.79. The van der Waals surface area contributed by atoms with Crippen molar-refractivity contribution in [1.82, 2.24) is 19.4 Å². The van der Waals surface area contributed by atoms with E-state index in [4.69, 9.17) is 9.47 Å². The molecular formula is C19H24N4O2. The van der Waals surface area contributed by atoms with Gasteiger partial charge in [0.05, 0.1) is 12.6 Å². The first-order valence-corrected chi connectivity index (χ1v) is 8.58. The summed E-state index contributed by atoms with van der Waals surface area (Å²) in [6, 6.07) is 10.3. The molecule has 3 aromatic rings. The molecule has 1 aromatic carbocycles. The molecule has 0 aliphatic rings. The van der Waals surface area contributed by atoms with Crippen LogP contribution < -0.4 is 9.47 Å². The van der Waals surface area contributed by atoms with Gasteiger partial charge in [0, 0.05) is 30.4 Å². The van der Waals surface area contributed by atoms with Gasteiger partial charge in [0.1, 0.15) is 18.2 Å². The number of hydrogen-bond donors (Lipinski definition) is 0. The van der Waals surface area contributed by atoms with E-state index < -0.39 is 0 Å². The minimum Gasteiger partial charge on any atom is -0.497 e. The molecule has 0 amide bonds. The highest BCUT2D eigenvalue weighted by atomic mass is 16.5. The molecule has 0 fully saturated rings. The number of fused-ring (bicyclic) bond motifs is 1. The summed E-state index contributed by atoms with van der Waals surface area (Å²) in [5.74, 6) is 1.63. The van der Waals surface area contributed by atoms with Crippen LogP contribution in [-0.2, 0) is 0 Å². The summed E-state index contributed by atoms with van der Waals surface area (Å²) in [7, 11) is 1.67. The third-order valence-corrected chi connectivity index (χ3v) is 4.30. The molecule has 6 nitrogen and oxygen atoms in total. The summed E-state index contributed by atoms with van der Waals surface area (Å²) >= 11 is 0. The number of rotatable bonds is 8. The maximum absolute atomic E-state index is 5.73. The van der Waals surface area contributed by atoms with Gasteiger partial charge < -0.3 is 18.9 Å². The third kappa shape index (κ3) is 3.91. The second-order valence-corrected chi connectivity index (χ2v) is 5.68. The molecule has 2 heterocycles. The summed E-state index contributed by atoms with van der Waals surface area (Å²) in [6.07, 6.45) is 3.72. The molecule has 0 atom stereocenters. The topological polar surface area (TPSA) is 52.4 Å². The Morgan fingerprint density at radius 3 is 2.72 bits per heavy atom. The van der Waals surface area contributed by atoms with Gasteiger partial charge in [-0.05, 0) is 37.4 Å². The molecule has 0 bridgehead atoms. The number of nitrogens with zero attached hydrogens (tertiary/aromatic N) is 4. The zero-order valence-electron chi connectivity index (χ0n) is 15.0. The fraction of sp³-hybridized carbons (Fsp3) is 0.368. The Labute approximate surface area is 148 Å². The molecule has 2 aromatic heterocycles. The van der Waals surface area contributed by atoms with Gasteiger partial charge in [0.2, 0.25) is 0 Å². The molecular weight excluding hydrogens is 316 g/mol. The zero-order chi connectivity index (χ0) is 17.6. The number of methoxy groups -OCH3 is 1. The van der Waals surface area contributed by atoms with Crippen LogP contribution in [0, 0.1) is 0 Å². The summed E-state index contributed by atoms with van der Waals surface area (Å²) in [5.41, 5.74) is 1.06. The molecule has 132 valence electrons. The van der Waals surface area contributed by atoms with Gasteiger partial charge in [-0.15, -0.1) is 0 Å². The number of ether oxygens (including phenoxy) is 2. The predicted molar refractivity (Wildman–Crippen MR) is 98.7 cm³/mol. The van der Waals surface area contributed by atoms with Gasteiger partial charge in [0.15, 0.2) is 0 Å². The van der Waals surface area contributed by atoms with Gasteiger partial charge in [-0.1, -0.05) is 13.8 Å². The molecule has 6 heteroatoms. The van der Waals surface area contributed by atoms with Crippen LogP contribution in [0.1, 0.15) is 13.8 Å². The Morgan fingerprint density at radius 2 is 1.96 bits per heavy atom. The lowest BCUT2D eigenvalue weighted by Gasteiger charge is -2.17. The minimum absolute atomic E-state index is 0.403. The molecule has 0 spiro atoms. The highest BCUT2D eigenvalue weighted by Gasteiger charge is 2.08. The van der Waals surface area contributed by atoms with E-state index in [1.165, 1.54) is 0 Å². The van der Waals surface area contributed by atoms with Gasteiger partial charge in [-0.3, -0.25) is 0 Å². The lowest BCUT2D eigenvalue weighted by atomic mass is 10.2. The minimum atomic E-state index is 0.403. The normalized spacial score (nSPS) is 11.2. The highest BCUT2D eigenvalue weighted by molar-refractivity contribution is 5.83. The SMILES string of the molecule is CCN(CC)CCOc1nccc(-n2ccc3cc(OC)ccc32)n1.